The number of likely N-dealkylation sites (N-methyl/N-ethyl adjacent to an activating group) is 1. The van der Waals surface area contributed by atoms with E-state index in [-0.39, 0.29) is 36.4 Å². The first-order valence-corrected chi connectivity index (χ1v) is 12.8. The van der Waals surface area contributed by atoms with Crippen LogP contribution in [0.3, 0.4) is 0 Å². The number of rotatable bonds is 6. The molecule has 3 aliphatic heterocycles. The van der Waals surface area contributed by atoms with Gasteiger partial charge in [0.1, 0.15) is 0 Å². The summed E-state index contributed by atoms with van der Waals surface area (Å²) in [6, 6.07) is -0.141. The SMILES string of the molecule is COC1CCC2CNN(C)C2C1NS(=O)(=O)C1CCC(N2CC(C(C)O)CN2)NC1. The van der Waals surface area contributed by atoms with Crippen LogP contribution < -0.4 is 20.9 Å². The van der Waals surface area contributed by atoms with Crippen molar-refractivity contribution in [2.45, 2.75) is 68.3 Å². The molecule has 10 nitrogen and oxygen atoms in total. The molecule has 0 aromatic rings. The number of hydrazine groups is 2. The largest absolute Gasteiger partial charge is 0.393 e. The van der Waals surface area contributed by atoms with E-state index in [1.165, 1.54) is 0 Å². The van der Waals surface area contributed by atoms with Crippen molar-refractivity contribution in [1.29, 1.82) is 0 Å². The molecule has 8 unspecified atom stereocenters. The summed E-state index contributed by atoms with van der Waals surface area (Å²) in [7, 11) is 0.173. The van der Waals surface area contributed by atoms with Gasteiger partial charge in [0, 0.05) is 52.3 Å². The summed E-state index contributed by atoms with van der Waals surface area (Å²) in [5.74, 6) is 0.642. The van der Waals surface area contributed by atoms with Gasteiger partial charge in [0.15, 0.2) is 0 Å². The molecule has 3 heterocycles. The van der Waals surface area contributed by atoms with Crippen LogP contribution in [0.2, 0.25) is 0 Å². The van der Waals surface area contributed by atoms with Crippen molar-refractivity contribution in [3.63, 3.8) is 0 Å². The molecule has 0 amide bonds. The third kappa shape index (κ3) is 4.55. The number of methoxy groups -OCH3 is 1. The Bertz CT molecular complexity index is 687. The molecule has 174 valence electrons. The highest BCUT2D eigenvalue weighted by Crippen LogP contribution is 2.33. The molecular weight excluding hydrogens is 408 g/mol. The minimum Gasteiger partial charge on any atom is -0.393 e. The Morgan fingerprint density at radius 2 is 1.93 bits per heavy atom. The summed E-state index contributed by atoms with van der Waals surface area (Å²) >= 11 is 0. The quantitative estimate of drug-likeness (QED) is 0.329. The minimum atomic E-state index is -3.49. The molecule has 0 spiro atoms. The van der Waals surface area contributed by atoms with Gasteiger partial charge in [-0.1, -0.05) is 0 Å². The zero-order valence-corrected chi connectivity index (χ0v) is 19.1. The topological polar surface area (TPSA) is 118 Å². The fourth-order valence-electron chi connectivity index (χ4n) is 5.61. The Balaban J connectivity index is 1.36. The zero-order chi connectivity index (χ0) is 21.5. The molecule has 3 saturated heterocycles. The van der Waals surface area contributed by atoms with E-state index in [2.05, 4.69) is 30.9 Å². The van der Waals surface area contributed by atoms with Gasteiger partial charge >= 0.3 is 0 Å². The monoisotopic (exact) mass is 446 g/mol. The lowest BCUT2D eigenvalue weighted by molar-refractivity contribution is 0.00319. The molecule has 4 fully saturated rings. The third-order valence-corrected chi connectivity index (χ3v) is 9.44. The number of sulfonamides is 1. The highest BCUT2D eigenvalue weighted by atomic mass is 32.2. The van der Waals surface area contributed by atoms with Crippen LogP contribution in [0.5, 0.6) is 0 Å². The Morgan fingerprint density at radius 1 is 1.13 bits per heavy atom. The summed E-state index contributed by atoms with van der Waals surface area (Å²) in [5.41, 5.74) is 6.69. The van der Waals surface area contributed by atoms with Gasteiger partial charge in [-0.2, -0.15) is 0 Å². The number of aliphatic hydroxyl groups is 1. The number of hydrogen-bond donors (Lipinski definition) is 5. The predicted octanol–water partition coefficient (Wildman–Crippen LogP) is -1.59. The first-order chi connectivity index (χ1) is 14.3. The van der Waals surface area contributed by atoms with Crippen LogP contribution in [0.25, 0.3) is 0 Å². The Hall–Kier alpha value is -0.370. The maximum Gasteiger partial charge on any atom is 0.216 e. The van der Waals surface area contributed by atoms with Crippen LogP contribution in [0, 0.1) is 11.8 Å². The second kappa shape index (κ2) is 9.24. The highest BCUT2D eigenvalue weighted by molar-refractivity contribution is 7.90. The van der Waals surface area contributed by atoms with Gasteiger partial charge in [-0.15, -0.1) is 0 Å². The van der Waals surface area contributed by atoms with Gasteiger partial charge in [-0.25, -0.2) is 23.2 Å². The lowest BCUT2D eigenvalue weighted by Gasteiger charge is -2.42. The first-order valence-electron chi connectivity index (χ1n) is 11.2. The van der Waals surface area contributed by atoms with Gasteiger partial charge in [0.25, 0.3) is 0 Å². The number of piperidine rings is 1. The molecule has 0 aromatic heterocycles. The third-order valence-electron chi connectivity index (χ3n) is 7.55. The number of ether oxygens (including phenoxy) is 1. The van der Waals surface area contributed by atoms with Crippen LogP contribution in [0.15, 0.2) is 0 Å². The number of hydrogen-bond acceptors (Lipinski definition) is 9. The van der Waals surface area contributed by atoms with Gasteiger partial charge < -0.3 is 9.84 Å². The average Bonchev–Trinajstić information content (AvgIpc) is 3.36. The second-order valence-corrected chi connectivity index (χ2v) is 11.4. The Labute approximate surface area is 180 Å². The molecular formula is C19H38N6O4S. The molecule has 11 heteroatoms. The van der Waals surface area contributed by atoms with Gasteiger partial charge in [0.2, 0.25) is 10.0 Å². The van der Waals surface area contributed by atoms with E-state index < -0.39 is 15.3 Å². The van der Waals surface area contributed by atoms with E-state index in [0.717, 1.165) is 38.9 Å². The van der Waals surface area contributed by atoms with Crippen LogP contribution in [0.4, 0.5) is 0 Å². The van der Waals surface area contributed by atoms with Gasteiger partial charge in [-0.05, 0) is 38.5 Å². The number of nitrogens with zero attached hydrogens (tertiary/aromatic N) is 2. The van der Waals surface area contributed by atoms with E-state index >= 15 is 0 Å². The zero-order valence-electron chi connectivity index (χ0n) is 18.3. The van der Waals surface area contributed by atoms with E-state index in [1.54, 1.807) is 7.11 Å². The average molecular weight is 447 g/mol. The van der Waals surface area contributed by atoms with Gasteiger partial charge in [0.05, 0.1) is 29.7 Å². The maximum atomic E-state index is 13.3. The van der Waals surface area contributed by atoms with Crippen molar-refractivity contribution in [2.24, 2.45) is 11.8 Å². The van der Waals surface area contributed by atoms with Crippen LogP contribution in [-0.2, 0) is 14.8 Å². The molecule has 1 aliphatic carbocycles. The normalized spacial score (nSPS) is 42.3. The highest BCUT2D eigenvalue weighted by Gasteiger charge is 2.47. The molecule has 0 bridgehead atoms. The van der Waals surface area contributed by atoms with Crippen molar-refractivity contribution >= 4 is 10.0 Å². The summed E-state index contributed by atoms with van der Waals surface area (Å²) in [6.07, 6.45) is 2.90. The predicted molar refractivity (Wildman–Crippen MR) is 114 cm³/mol. The fourth-order valence-corrected chi connectivity index (χ4v) is 7.23. The number of nitrogens with one attached hydrogen (secondary N) is 4. The maximum absolute atomic E-state index is 13.3. The number of aliphatic hydroxyl groups excluding tert-OH is 1. The summed E-state index contributed by atoms with van der Waals surface area (Å²) < 4.78 is 35.3. The number of fused-ring (bicyclic) bond motifs is 1. The fraction of sp³-hybridized carbons (Fsp3) is 1.00. The standard InChI is InChI=1S/C19H38N6O4S/c1-12(26)14-9-22-25(11-14)17-7-5-15(10-20-17)30(27,28)23-18-16(29-3)6-4-13-8-21-24(2)19(13)18/h12-23,26H,4-11H2,1-3H3. The molecule has 0 radical (unpaired) electrons. The first kappa shape index (κ1) is 22.8. The molecule has 0 aromatic carbocycles. The van der Waals surface area contributed by atoms with E-state index in [0.29, 0.717) is 18.9 Å². The summed E-state index contributed by atoms with van der Waals surface area (Å²) in [6.45, 7) is 4.65. The van der Waals surface area contributed by atoms with Crippen LogP contribution in [0.1, 0.15) is 32.6 Å². The molecule has 4 rings (SSSR count). The van der Waals surface area contributed by atoms with Crippen molar-refractivity contribution in [2.75, 3.05) is 40.3 Å². The second-order valence-electron chi connectivity index (χ2n) is 9.40. The van der Waals surface area contributed by atoms with Crippen LogP contribution >= 0.6 is 0 Å². The lowest BCUT2D eigenvalue weighted by Crippen LogP contribution is -2.62. The minimum absolute atomic E-state index is 0.0937. The van der Waals surface area contributed by atoms with Crippen molar-refractivity contribution < 1.29 is 18.3 Å². The smallest absolute Gasteiger partial charge is 0.216 e. The van der Waals surface area contributed by atoms with Gasteiger partial charge in [-0.3, -0.25) is 16.2 Å². The lowest BCUT2D eigenvalue weighted by atomic mass is 9.80. The van der Waals surface area contributed by atoms with E-state index in [4.69, 9.17) is 4.74 Å². The molecule has 30 heavy (non-hydrogen) atoms. The summed E-state index contributed by atoms with van der Waals surface area (Å²) in [4.78, 5) is 0. The van der Waals surface area contributed by atoms with E-state index in [9.17, 15) is 13.5 Å². The Kier molecular flexibility index (Phi) is 7.03. The summed E-state index contributed by atoms with van der Waals surface area (Å²) in [5, 5.41) is 16.9. The van der Waals surface area contributed by atoms with Crippen molar-refractivity contribution in [1.82, 2.24) is 30.9 Å². The molecule has 1 saturated carbocycles. The molecule has 4 aliphatic rings. The van der Waals surface area contributed by atoms with Crippen LogP contribution in [-0.4, -0.2) is 99.6 Å². The van der Waals surface area contributed by atoms with Crippen molar-refractivity contribution in [3.05, 3.63) is 0 Å². The Morgan fingerprint density at radius 3 is 2.57 bits per heavy atom. The molecule has 8 atom stereocenters. The molecule has 5 N–H and O–H groups in total. The van der Waals surface area contributed by atoms with Crippen molar-refractivity contribution in [3.8, 4) is 0 Å². The van der Waals surface area contributed by atoms with E-state index in [1.807, 2.05) is 14.0 Å².